The summed E-state index contributed by atoms with van der Waals surface area (Å²) >= 11 is 0. The van der Waals surface area contributed by atoms with E-state index in [1.54, 1.807) is 0 Å². The molecule has 2 rings (SSSR count). The molecule has 0 aliphatic rings. The molecule has 0 fully saturated rings. The van der Waals surface area contributed by atoms with Gasteiger partial charge in [-0.15, -0.1) is 0 Å². The Bertz CT molecular complexity index is 510. The number of hydrogen-bond acceptors (Lipinski definition) is 2. The van der Waals surface area contributed by atoms with Crippen LogP contribution in [0.3, 0.4) is 0 Å². The zero-order valence-corrected chi connectivity index (χ0v) is 9.91. The molecule has 0 radical (unpaired) electrons. The molecule has 1 heterocycles. The van der Waals surface area contributed by atoms with Gasteiger partial charge in [-0.3, -0.25) is 4.98 Å². The number of aryl methyl sites for hydroxylation is 3. The van der Waals surface area contributed by atoms with E-state index in [9.17, 15) is 0 Å². The van der Waals surface area contributed by atoms with E-state index in [0.29, 0.717) is 0 Å². The van der Waals surface area contributed by atoms with Crippen LogP contribution in [0.1, 0.15) is 16.7 Å². The smallest absolute Gasteiger partial charge is 0.0931 e. The van der Waals surface area contributed by atoms with Gasteiger partial charge in [-0.05, 0) is 44.5 Å². The van der Waals surface area contributed by atoms with Crippen LogP contribution in [-0.4, -0.2) is 4.98 Å². The van der Waals surface area contributed by atoms with Gasteiger partial charge < -0.3 is 5.73 Å². The average molecular weight is 212 g/mol. The molecular weight excluding hydrogens is 196 g/mol. The number of nitrogen functional groups attached to an aromatic ring is 1. The molecule has 0 saturated carbocycles. The van der Waals surface area contributed by atoms with Crippen LogP contribution in [-0.2, 0) is 0 Å². The minimum absolute atomic E-state index is 0.741. The van der Waals surface area contributed by atoms with Gasteiger partial charge in [0.2, 0.25) is 0 Å². The molecule has 2 heteroatoms. The standard InChI is InChI=1S/C14H16N2/c1-9-4-10(2)6-12(5-9)14-13(15)7-11(3)8-16-14/h4-8H,15H2,1-3H3. The lowest BCUT2D eigenvalue weighted by Crippen LogP contribution is -1.95. The first-order valence-corrected chi connectivity index (χ1v) is 5.37. The maximum Gasteiger partial charge on any atom is 0.0931 e. The summed E-state index contributed by atoms with van der Waals surface area (Å²) < 4.78 is 0. The Kier molecular flexibility index (Phi) is 2.65. The molecule has 1 aromatic carbocycles. The molecule has 0 saturated heterocycles. The van der Waals surface area contributed by atoms with E-state index < -0.39 is 0 Å². The predicted octanol–water partition coefficient (Wildman–Crippen LogP) is 3.26. The molecule has 82 valence electrons. The molecule has 0 aliphatic carbocycles. The van der Waals surface area contributed by atoms with Crippen molar-refractivity contribution in [1.82, 2.24) is 4.98 Å². The zero-order chi connectivity index (χ0) is 11.7. The predicted molar refractivity (Wildman–Crippen MR) is 68.3 cm³/mol. The van der Waals surface area contributed by atoms with Crippen molar-refractivity contribution >= 4 is 5.69 Å². The van der Waals surface area contributed by atoms with Crippen molar-refractivity contribution < 1.29 is 0 Å². The van der Waals surface area contributed by atoms with E-state index in [0.717, 1.165) is 22.5 Å². The number of pyridine rings is 1. The van der Waals surface area contributed by atoms with Gasteiger partial charge in [0, 0.05) is 11.8 Å². The molecule has 0 unspecified atom stereocenters. The van der Waals surface area contributed by atoms with Crippen LogP contribution in [0.2, 0.25) is 0 Å². The van der Waals surface area contributed by atoms with Crippen molar-refractivity contribution in [3.63, 3.8) is 0 Å². The van der Waals surface area contributed by atoms with Gasteiger partial charge in [-0.2, -0.15) is 0 Å². The summed E-state index contributed by atoms with van der Waals surface area (Å²) in [5, 5.41) is 0. The van der Waals surface area contributed by atoms with Crippen molar-refractivity contribution in [2.24, 2.45) is 0 Å². The van der Waals surface area contributed by atoms with Gasteiger partial charge in [-0.25, -0.2) is 0 Å². The average Bonchev–Trinajstić information content (AvgIpc) is 2.15. The van der Waals surface area contributed by atoms with Gasteiger partial charge in [0.05, 0.1) is 11.4 Å². The highest BCUT2D eigenvalue weighted by atomic mass is 14.7. The van der Waals surface area contributed by atoms with E-state index in [2.05, 4.69) is 37.0 Å². The fourth-order valence-corrected chi connectivity index (χ4v) is 1.94. The minimum Gasteiger partial charge on any atom is -0.397 e. The van der Waals surface area contributed by atoms with Gasteiger partial charge >= 0.3 is 0 Å². The van der Waals surface area contributed by atoms with E-state index in [1.807, 2.05) is 19.2 Å². The molecule has 0 bridgehead atoms. The molecule has 16 heavy (non-hydrogen) atoms. The van der Waals surface area contributed by atoms with Gasteiger partial charge in [0.25, 0.3) is 0 Å². The van der Waals surface area contributed by atoms with Crippen LogP contribution in [0.25, 0.3) is 11.3 Å². The lowest BCUT2D eigenvalue weighted by Gasteiger charge is -2.07. The zero-order valence-electron chi connectivity index (χ0n) is 9.91. The van der Waals surface area contributed by atoms with Crippen molar-refractivity contribution in [3.8, 4) is 11.3 Å². The lowest BCUT2D eigenvalue weighted by molar-refractivity contribution is 1.26. The summed E-state index contributed by atoms with van der Waals surface area (Å²) in [6.45, 7) is 6.16. The van der Waals surface area contributed by atoms with Crippen LogP contribution < -0.4 is 5.73 Å². The second kappa shape index (κ2) is 3.97. The van der Waals surface area contributed by atoms with E-state index in [-0.39, 0.29) is 0 Å². The topological polar surface area (TPSA) is 38.9 Å². The Balaban J connectivity index is 2.58. The first kappa shape index (κ1) is 10.7. The molecule has 2 aromatic rings. The Hall–Kier alpha value is -1.83. The first-order chi connectivity index (χ1) is 7.56. The lowest BCUT2D eigenvalue weighted by atomic mass is 10.0. The van der Waals surface area contributed by atoms with Crippen molar-refractivity contribution in [2.75, 3.05) is 5.73 Å². The van der Waals surface area contributed by atoms with Crippen molar-refractivity contribution in [2.45, 2.75) is 20.8 Å². The number of rotatable bonds is 1. The van der Waals surface area contributed by atoms with E-state index >= 15 is 0 Å². The van der Waals surface area contributed by atoms with Gasteiger partial charge in [0.1, 0.15) is 0 Å². The third kappa shape index (κ3) is 2.06. The fourth-order valence-electron chi connectivity index (χ4n) is 1.94. The number of benzene rings is 1. The molecular formula is C14H16N2. The highest BCUT2D eigenvalue weighted by Gasteiger charge is 2.05. The number of aromatic nitrogens is 1. The number of anilines is 1. The molecule has 1 aromatic heterocycles. The summed E-state index contributed by atoms with van der Waals surface area (Å²) in [4.78, 5) is 4.41. The number of hydrogen-bond donors (Lipinski definition) is 1. The van der Waals surface area contributed by atoms with E-state index in [1.165, 1.54) is 11.1 Å². The quantitative estimate of drug-likeness (QED) is 0.788. The summed E-state index contributed by atoms with van der Waals surface area (Å²) in [5.41, 5.74) is 12.3. The van der Waals surface area contributed by atoms with Gasteiger partial charge in [0.15, 0.2) is 0 Å². The normalized spacial score (nSPS) is 10.4. The molecule has 0 spiro atoms. The molecule has 0 amide bonds. The molecule has 0 atom stereocenters. The van der Waals surface area contributed by atoms with Gasteiger partial charge in [-0.1, -0.05) is 17.2 Å². The molecule has 0 aliphatic heterocycles. The van der Waals surface area contributed by atoms with Crippen LogP contribution in [0.15, 0.2) is 30.5 Å². The SMILES string of the molecule is Cc1cc(C)cc(-c2ncc(C)cc2N)c1. The van der Waals surface area contributed by atoms with Crippen molar-refractivity contribution in [1.29, 1.82) is 0 Å². The fraction of sp³-hybridized carbons (Fsp3) is 0.214. The van der Waals surface area contributed by atoms with Crippen molar-refractivity contribution in [3.05, 3.63) is 47.2 Å². The largest absolute Gasteiger partial charge is 0.397 e. The summed E-state index contributed by atoms with van der Waals surface area (Å²) in [6.07, 6.45) is 1.85. The summed E-state index contributed by atoms with van der Waals surface area (Å²) in [6, 6.07) is 8.33. The highest BCUT2D eigenvalue weighted by Crippen LogP contribution is 2.25. The third-order valence-corrected chi connectivity index (χ3v) is 2.55. The Morgan fingerprint density at radius 2 is 1.50 bits per heavy atom. The summed E-state index contributed by atoms with van der Waals surface area (Å²) in [5.74, 6) is 0. The monoisotopic (exact) mass is 212 g/mol. The highest BCUT2D eigenvalue weighted by molar-refractivity contribution is 5.73. The molecule has 2 N–H and O–H groups in total. The van der Waals surface area contributed by atoms with Crippen LogP contribution >= 0.6 is 0 Å². The first-order valence-electron chi connectivity index (χ1n) is 5.37. The second-order valence-electron chi connectivity index (χ2n) is 4.33. The van der Waals surface area contributed by atoms with Crippen LogP contribution in [0, 0.1) is 20.8 Å². The maximum atomic E-state index is 5.99. The second-order valence-corrected chi connectivity index (χ2v) is 4.33. The number of nitrogens with two attached hydrogens (primary N) is 1. The maximum absolute atomic E-state index is 5.99. The Morgan fingerprint density at radius 3 is 2.06 bits per heavy atom. The Morgan fingerprint density at radius 1 is 0.875 bits per heavy atom. The number of nitrogens with zero attached hydrogens (tertiary/aromatic N) is 1. The summed E-state index contributed by atoms with van der Waals surface area (Å²) in [7, 11) is 0. The van der Waals surface area contributed by atoms with Crippen LogP contribution in [0.5, 0.6) is 0 Å². The van der Waals surface area contributed by atoms with E-state index in [4.69, 9.17) is 5.73 Å². The minimum atomic E-state index is 0.741. The third-order valence-electron chi connectivity index (χ3n) is 2.55. The van der Waals surface area contributed by atoms with Crippen LogP contribution in [0.4, 0.5) is 5.69 Å². The molecule has 2 nitrogen and oxygen atoms in total. The Labute approximate surface area is 96.1 Å².